The second kappa shape index (κ2) is 4.67. The molecule has 0 fully saturated rings. The standard InChI is InChI=1S/C13H19NO/c1-10-5-6-11-9-12(4-3-7-14-2)15-13(11)8-10/h5-6,8,12,14H,3-4,7,9H2,1-2H3. The number of aryl methyl sites for hydroxylation is 1. The molecule has 2 nitrogen and oxygen atoms in total. The lowest BCUT2D eigenvalue weighted by Gasteiger charge is -2.09. The lowest BCUT2D eigenvalue weighted by atomic mass is 10.1. The fourth-order valence-corrected chi connectivity index (χ4v) is 2.07. The first kappa shape index (κ1) is 10.5. The van der Waals surface area contributed by atoms with Crippen molar-refractivity contribution >= 4 is 0 Å². The number of fused-ring (bicyclic) bond motifs is 1. The Balaban J connectivity index is 1.91. The third-order valence-corrected chi connectivity index (χ3v) is 2.92. The van der Waals surface area contributed by atoms with E-state index in [0.29, 0.717) is 6.10 Å². The Morgan fingerprint density at radius 2 is 2.33 bits per heavy atom. The summed E-state index contributed by atoms with van der Waals surface area (Å²) in [6.07, 6.45) is 3.82. The highest BCUT2D eigenvalue weighted by atomic mass is 16.5. The van der Waals surface area contributed by atoms with Gasteiger partial charge >= 0.3 is 0 Å². The molecule has 1 unspecified atom stereocenters. The summed E-state index contributed by atoms with van der Waals surface area (Å²) >= 11 is 0. The highest BCUT2D eigenvalue weighted by Crippen LogP contribution is 2.31. The van der Waals surface area contributed by atoms with E-state index in [-0.39, 0.29) is 0 Å². The van der Waals surface area contributed by atoms with Gasteiger partial charge in [0.2, 0.25) is 0 Å². The van der Waals surface area contributed by atoms with E-state index in [1.165, 1.54) is 17.5 Å². The summed E-state index contributed by atoms with van der Waals surface area (Å²) in [6.45, 7) is 3.19. The molecule has 1 aliphatic rings. The Bertz CT molecular complexity index is 335. The fraction of sp³-hybridized carbons (Fsp3) is 0.538. The maximum Gasteiger partial charge on any atom is 0.123 e. The molecule has 0 saturated carbocycles. The summed E-state index contributed by atoms with van der Waals surface area (Å²) in [7, 11) is 1.99. The van der Waals surface area contributed by atoms with Crippen LogP contribution in [-0.4, -0.2) is 19.7 Å². The molecule has 0 aromatic heterocycles. The largest absolute Gasteiger partial charge is 0.490 e. The van der Waals surface area contributed by atoms with E-state index in [9.17, 15) is 0 Å². The summed E-state index contributed by atoms with van der Waals surface area (Å²) in [5.74, 6) is 1.10. The molecule has 1 aromatic rings. The van der Waals surface area contributed by atoms with Crippen molar-refractivity contribution in [3.05, 3.63) is 29.3 Å². The number of ether oxygens (including phenoxy) is 1. The minimum Gasteiger partial charge on any atom is -0.490 e. The van der Waals surface area contributed by atoms with Gasteiger partial charge in [-0.25, -0.2) is 0 Å². The molecule has 1 heterocycles. The van der Waals surface area contributed by atoms with Crippen LogP contribution in [0, 0.1) is 6.92 Å². The van der Waals surface area contributed by atoms with E-state index in [0.717, 1.165) is 25.1 Å². The molecule has 0 bridgehead atoms. The second-order valence-corrected chi connectivity index (χ2v) is 4.30. The maximum atomic E-state index is 5.91. The van der Waals surface area contributed by atoms with Crippen molar-refractivity contribution in [1.82, 2.24) is 5.32 Å². The van der Waals surface area contributed by atoms with Gasteiger partial charge in [-0.05, 0) is 50.6 Å². The van der Waals surface area contributed by atoms with Gasteiger partial charge in [0.05, 0.1) is 0 Å². The summed E-state index contributed by atoms with van der Waals surface area (Å²) in [4.78, 5) is 0. The molecule has 15 heavy (non-hydrogen) atoms. The van der Waals surface area contributed by atoms with Crippen molar-refractivity contribution in [3.8, 4) is 5.75 Å². The molecule has 0 spiro atoms. The van der Waals surface area contributed by atoms with Crippen LogP contribution in [-0.2, 0) is 6.42 Å². The molecule has 2 rings (SSSR count). The quantitative estimate of drug-likeness (QED) is 0.762. The van der Waals surface area contributed by atoms with Gasteiger partial charge in [0, 0.05) is 6.42 Å². The predicted molar refractivity (Wildman–Crippen MR) is 62.5 cm³/mol. The third kappa shape index (κ3) is 2.51. The van der Waals surface area contributed by atoms with Gasteiger partial charge in [-0.2, -0.15) is 0 Å². The Morgan fingerprint density at radius 3 is 3.13 bits per heavy atom. The van der Waals surface area contributed by atoms with Crippen molar-refractivity contribution < 1.29 is 4.74 Å². The minimum atomic E-state index is 0.398. The third-order valence-electron chi connectivity index (χ3n) is 2.92. The Kier molecular flexibility index (Phi) is 3.27. The van der Waals surface area contributed by atoms with Gasteiger partial charge in [0.25, 0.3) is 0 Å². The van der Waals surface area contributed by atoms with Crippen molar-refractivity contribution in [2.75, 3.05) is 13.6 Å². The van der Waals surface area contributed by atoms with Crippen LogP contribution in [0.25, 0.3) is 0 Å². The topological polar surface area (TPSA) is 21.3 Å². The summed E-state index contributed by atoms with van der Waals surface area (Å²) in [5, 5.41) is 3.17. The smallest absolute Gasteiger partial charge is 0.123 e. The molecule has 2 heteroatoms. The normalized spacial score (nSPS) is 18.7. The van der Waals surface area contributed by atoms with Crippen LogP contribution >= 0.6 is 0 Å². The van der Waals surface area contributed by atoms with E-state index in [2.05, 4.69) is 30.4 Å². The van der Waals surface area contributed by atoms with E-state index in [1.807, 2.05) is 7.05 Å². The Morgan fingerprint density at radius 1 is 1.47 bits per heavy atom. The van der Waals surface area contributed by atoms with Gasteiger partial charge < -0.3 is 10.1 Å². The van der Waals surface area contributed by atoms with E-state index in [1.54, 1.807) is 0 Å². The molecule has 1 aliphatic heterocycles. The fourth-order valence-electron chi connectivity index (χ4n) is 2.07. The molecule has 1 aromatic carbocycles. The molecule has 0 amide bonds. The van der Waals surface area contributed by atoms with Crippen LogP contribution < -0.4 is 10.1 Å². The zero-order valence-electron chi connectivity index (χ0n) is 9.55. The van der Waals surface area contributed by atoms with Crippen LogP contribution in [0.4, 0.5) is 0 Å². The molecular formula is C13H19NO. The highest BCUT2D eigenvalue weighted by Gasteiger charge is 2.21. The monoisotopic (exact) mass is 205 g/mol. The maximum absolute atomic E-state index is 5.91. The highest BCUT2D eigenvalue weighted by molar-refractivity contribution is 5.40. The van der Waals surface area contributed by atoms with Crippen molar-refractivity contribution in [3.63, 3.8) is 0 Å². The van der Waals surface area contributed by atoms with Crippen LogP contribution in [0.5, 0.6) is 5.75 Å². The first-order chi connectivity index (χ1) is 7.29. The molecule has 1 N–H and O–H groups in total. The number of hydrogen-bond donors (Lipinski definition) is 1. The van der Waals surface area contributed by atoms with Gasteiger partial charge in [0.15, 0.2) is 0 Å². The van der Waals surface area contributed by atoms with Gasteiger partial charge in [-0.3, -0.25) is 0 Å². The number of nitrogens with one attached hydrogen (secondary N) is 1. The van der Waals surface area contributed by atoms with Crippen molar-refractivity contribution in [2.45, 2.75) is 32.3 Å². The van der Waals surface area contributed by atoms with Gasteiger partial charge in [0.1, 0.15) is 11.9 Å². The van der Waals surface area contributed by atoms with Crippen molar-refractivity contribution in [1.29, 1.82) is 0 Å². The predicted octanol–water partition coefficient (Wildman–Crippen LogP) is 2.30. The van der Waals surface area contributed by atoms with Gasteiger partial charge in [-0.1, -0.05) is 12.1 Å². The molecule has 0 radical (unpaired) electrons. The molecular weight excluding hydrogens is 186 g/mol. The number of rotatable bonds is 4. The van der Waals surface area contributed by atoms with E-state index < -0.39 is 0 Å². The lowest BCUT2D eigenvalue weighted by Crippen LogP contribution is -2.16. The summed E-state index contributed by atoms with van der Waals surface area (Å²) in [5.41, 5.74) is 2.65. The van der Waals surface area contributed by atoms with Crippen LogP contribution in [0.15, 0.2) is 18.2 Å². The second-order valence-electron chi connectivity index (χ2n) is 4.30. The number of benzene rings is 1. The lowest BCUT2D eigenvalue weighted by molar-refractivity contribution is 0.218. The average molecular weight is 205 g/mol. The van der Waals surface area contributed by atoms with Crippen LogP contribution in [0.1, 0.15) is 24.0 Å². The SMILES string of the molecule is CNCCCC1Cc2ccc(C)cc2O1. The summed E-state index contributed by atoms with van der Waals surface area (Å²) in [6, 6.07) is 6.51. The van der Waals surface area contributed by atoms with Crippen LogP contribution in [0.2, 0.25) is 0 Å². The van der Waals surface area contributed by atoms with E-state index >= 15 is 0 Å². The summed E-state index contributed by atoms with van der Waals surface area (Å²) < 4.78 is 5.91. The minimum absolute atomic E-state index is 0.398. The van der Waals surface area contributed by atoms with E-state index in [4.69, 9.17) is 4.74 Å². The molecule has 0 aliphatic carbocycles. The zero-order chi connectivity index (χ0) is 10.7. The van der Waals surface area contributed by atoms with Crippen molar-refractivity contribution in [2.24, 2.45) is 0 Å². The first-order valence-corrected chi connectivity index (χ1v) is 5.70. The van der Waals surface area contributed by atoms with Gasteiger partial charge in [-0.15, -0.1) is 0 Å². The number of hydrogen-bond acceptors (Lipinski definition) is 2. The Hall–Kier alpha value is -1.02. The molecule has 0 saturated heterocycles. The zero-order valence-corrected chi connectivity index (χ0v) is 9.55. The van der Waals surface area contributed by atoms with Crippen LogP contribution in [0.3, 0.4) is 0 Å². The molecule has 1 atom stereocenters. The average Bonchev–Trinajstić information content (AvgIpc) is 2.60. The molecule has 82 valence electrons. The Labute approximate surface area is 91.6 Å². The first-order valence-electron chi connectivity index (χ1n) is 5.70.